The van der Waals surface area contributed by atoms with Crippen molar-refractivity contribution in [1.82, 2.24) is 14.5 Å². The van der Waals surface area contributed by atoms with E-state index in [-0.39, 0.29) is 18.1 Å². The van der Waals surface area contributed by atoms with Crippen LogP contribution in [0.15, 0.2) is 91.0 Å². The SMILES string of the molecule is CCOC(=O)c1c(NC(=O)/C=C/c2ccccc2)n(Cc2ccccc2)c2nc3ccccc3nc12. The Bertz CT molecular complexity index is 1570. The van der Waals surface area contributed by atoms with Crippen LogP contribution in [0.5, 0.6) is 0 Å². The number of benzene rings is 3. The first kappa shape index (κ1) is 23.0. The number of nitrogens with one attached hydrogen (secondary N) is 1. The molecule has 7 nitrogen and oxygen atoms in total. The van der Waals surface area contributed by atoms with Crippen molar-refractivity contribution in [3.63, 3.8) is 0 Å². The van der Waals surface area contributed by atoms with Crippen LogP contribution in [0.25, 0.3) is 28.3 Å². The maximum atomic E-state index is 13.2. The molecule has 0 radical (unpaired) electrons. The highest BCUT2D eigenvalue weighted by Crippen LogP contribution is 2.31. The third-order valence-electron chi connectivity index (χ3n) is 5.68. The zero-order valence-electron chi connectivity index (χ0n) is 19.7. The molecule has 0 aliphatic rings. The Morgan fingerprint density at radius 2 is 1.53 bits per heavy atom. The van der Waals surface area contributed by atoms with Crippen LogP contribution in [-0.2, 0) is 16.1 Å². The fraction of sp³-hybridized carbons (Fsp3) is 0.103. The molecule has 0 atom stereocenters. The number of aromatic nitrogens is 3. The second-order valence-electron chi connectivity index (χ2n) is 8.13. The molecule has 2 aromatic heterocycles. The van der Waals surface area contributed by atoms with Gasteiger partial charge in [-0.2, -0.15) is 0 Å². The standard InChI is InChI=1S/C29H24N4O3/c1-2-36-29(35)25-26-28(31-23-16-10-9-15-22(23)30-26)33(19-21-13-7-4-8-14-21)27(25)32-24(34)18-17-20-11-5-3-6-12-20/h3-18H,2,19H2,1H3,(H,32,34)/b18-17+. The largest absolute Gasteiger partial charge is 0.462 e. The molecular formula is C29H24N4O3. The third-order valence-corrected chi connectivity index (χ3v) is 5.68. The van der Waals surface area contributed by atoms with Crippen molar-refractivity contribution in [3.8, 4) is 0 Å². The molecule has 7 heteroatoms. The van der Waals surface area contributed by atoms with Gasteiger partial charge in [0.25, 0.3) is 0 Å². The summed E-state index contributed by atoms with van der Waals surface area (Å²) in [6.45, 7) is 2.30. The summed E-state index contributed by atoms with van der Waals surface area (Å²) >= 11 is 0. The molecule has 1 amide bonds. The maximum Gasteiger partial charge on any atom is 0.344 e. The summed E-state index contributed by atoms with van der Waals surface area (Å²) in [7, 11) is 0. The molecule has 0 saturated heterocycles. The van der Waals surface area contributed by atoms with Crippen LogP contribution in [-0.4, -0.2) is 33.0 Å². The lowest BCUT2D eigenvalue weighted by molar-refractivity contribution is -0.111. The number of nitrogens with zero attached hydrogens (tertiary/aromatic N) is 3. The number of fused-ring (bicyclic) bond motifs is 2. The average molecular weight is 477 g/mol. The molecule has 5 rings (SSSR count). The summed E-state index contributed by atoms with van der Waals surface area (Å²) < 4.78 is 7.18. The minimum Gasteiger partial charge on any atom is -0.462 e. The van der Waals surface area contributed by atoms with Crippen LogP contribution >= 0.6 is 0 Å². The van der Waals surface area contributed by atoms with Gasteiger partial charge in [-0.3, -0.25) is 4.79 Å². The van der Waals surface area contributed by atoms with Crippen LogP contribution in [0.3, 0.4) is 0 Å². The van der Waals surface area contributed by atoms with E-state index < -0.39 is 5.97 Å². The van der Waals surface area contributed by atoms with Gasteiger partial charge in [0.05, 0.1) is 24.2 Å². The van der Waals surface area contributed by atoms with E-state index in [4.69, 9.17) is 14.7 Å². The van der Waals surface area contributed by atoms with Crippen molar-refractivity contribution in [3.05, 3.63) is 108 Å². The Kier molecular flexibility index (Phi) is 6.53. The highest BCUT2D eigenvalue weighted by molar-refractivity contribution is 6.13. The Balaban J connectivity index is 1.68. The highest BCUT2D eigenvalue weighted by atomic mass is 16.5. The fourth-order valence-electron chi connectivity index (χ4n) is 4.04. The second kappa shape index (κ2) is 10.2. The van der Waals surface area contributed by atoms with Gasteiger partial charge in [-0.15, -0.1) is 0 Å². The van der Waals surface area contributed by atoms with E-state index in [0.717, 1.165) is 11.1 Å². The molecule has 0 saturated carbocycles. The van der Waals surface area contributed by atoms with Crippen LogP contribution in [0, 0.1) is 0 Å². The summed E-state index contributed by atoms with van der Waals surface area (Å²) in [4.78, 5) is 35.8. The van der Waals surface area contributed by atoms with Gasteiger partial charge in [0, 0.05) is 6.08 Å². The molecule has 2 heterocycles. The number of anilines is 1. The van der Waals surface area contributed by atoms with Gasteiger partial charge in [-0.05, 0) is 36.3 Å². The van der Waals surface area contributed by atoms with Crippen molar-refractivity contribution < 1.29 is 14.3 Å². The first-order valence-corrected chi connectivity index (χ1v) is 11.7. The van der Waals surface area contributed by atoms with Crippen LogP contribution in [0.1, 0.15) is 28.4 Å². The number of hydrogen-bond donors (Lipinski definition) is 1. The summed E-state index contributed by atoms with van der Waals surface area (Å²) in [5, 5.41) is 2.91. The lowest BCUT2D eigenvalue weighted by Crippen LogP contribution is -2.17. The van der Waals surface area contributed by atoms with Crippen molar-refractivity contribution in [2.75, 3.05) is 11.9 Å². The van der Waals surface area contributed by atoms with E-state index in [1.54, 1.807) is 13.0 Å². The van der Waals surface area contributed by atoms with Gasteiger partial charge >= 0.3 is 5.97 Å². The summed E-state index contributed by atoms with van der Waals surface area (Å²) in [5.74, 6) is -0.655. The van der Waals surface area contributed by atoms with Crippen LogP contribution < -0.4 is 5.32 Å². The zero-order valence-corrected chi connectivity index (χ0v) is 19.7. The maximum absolute atomic E-state index is 13.2. The quantitative estimate of drug-likeness (QED) is 0.249. The van der Waals surface area contributed by atoms with E-state index in [1.807, 2.05) is 89.5 Å². The molecule has 0 aliphatic carbocycles. The first-order chi connectivity index (χ1) is 17.6. The molecule has 3 aromatic carbocycles. The number of para-hydroxylation sites is 2. The number of carbonyl (C=O) groups is 2. The van der Waals surface area contributed by atoms with Crippen molar-refractivity contribution >= 4 is 46.0 Å². The van der Waals surface area contributed by atoms with E-state index in [2.05, 4.69) is 5.32 Å². The topological polar surface area (TPSA) is 86.1 Å². The number of amides is 1. The smallest absolute Gasteiger partial charge is 0.344 e. The Labute approximate surface area is 208 Å². The molecule has 0 spiro atoms. The number of esters is 1. The van der Waals surface area contributed by atoms with Gasteiger partial charge in [-0.1, -0.05) is 72.8 Å². The number of hydrogen-bond acceptors (Lipinski definition) is 5. The molecule has 0 fully saturated rings. The molecule has 0 unspecified atom stereocenters. The Hall–Kier alpha value is -4.78. The molecular weight excluding hydrogens is 452 g/mol. The average Bonchev–Trinajstić information content (AvgIpc) is 3.19. The number of carbonyl (C=O) groups excluding carboxylic acids is 2. The van der Waals surface area contributed by atoms with Gasteiger partial charge in [0.15, 0.2) is 5.65 Å². The normalized spacial score (nSPS) is 11.2. The van der Waals surface area contributed by atoms with E-state index in [0.29, 0.717) is 34.6 Å². The summed E-state index contributed by atoms with van der Waals surface area (Å²) in [6.07, 6.45) is 3.15. The molecule has 36 heavy (non-hydrogen) atoms. The van der Waals surface area contributed by atoms with Crippen LogP contribution in [0.2, 0.25) is 0 Å². The van der Waals surface area contributed by atoms with Gasteiger partial charge in [-0.25, -0.2) is 14.8 Å². The van der Waals surface area contributed by atoms with Gasteiger partial charge in [0.1, 0.15) is 16.9 Å². The molecule has 0 aliphatic heterocycles. The summed E-state index contributed by atoms with van der Waals surface area (Å²) in [5.41, 5.74) is 4.26. The summed E-state index contributed by atoms with van der Waals surface area (Å²) in [6, 6.07) is 26.7. The van der Waals surface area contributed by atoms with E-state index >= 15 is 0 Å². The fourth-order valence-corrected chi connectivity index (χ4v) is 4.04. The predicted octanol–water partition coefficient (Wildman–Crippen LogP) is 5.46. The molecule has 1 N–H and O–H groups in total. The van der Waals surface area contributed by atoms with E-state index in [9.17, 15) is 9.59 Å². The van der Waals surface area contributed by atoms with Crippen molar-refractivity contribution in [1.29, 1.82) is 0 Å². The molecule has 178 valence electrons. The Morgan fingerprint density at radius 1 is 0.889 bits per heavy atom. The number of ether oxygens (including phenoxy) is 1. The van der Waals surface area contributed by atoms with Gasteiger partial charge in [0.2, 0.25) is 5.91 Å². The van der Waals surface area contributed by atoms with Crippen molar-refractivity contribution in [2.24, 2.45) is 0 Å². The minimum absolute atomic E-state index is 0.183. The minimum atomic E-state index is -0.568. The van der Waals surface area contributed by atoms with Crippen molar-refractivity contribution in [2.45, 2.75) is 13.5 Å². The molecule has 0 bridgehead atoms. The lowest BCUT2D eigenvalue weighted by atomic mass is 10.2. The zero-order chi connectivity index (χ0) is 24.9. The predicted molar refractivity (Wildman–Crippen MR) is 141 cm³/mol. The second-order valence-corrected chi connectivity index (χ2v) is 8.13. The highest BCUT2D eigenvalue weighted by Gasteiger charge is 2.27. The monoisotopic (exact) mass is 476 g/mol. The lowest BCUT2D eigenvalue weighted by Gasteiger charge is -2.12. The molecule has 5 aromatic rings. The first-order valence-electron chi connectivity index (χ1n) is 11.7. The Morgan fingerprint density at radius 3 is 2.22 bits per heavy atom. The number of rotatable bonds is 7. The van der Waals surface area contributed by atoms with E-state index in [1.165, 1.54) is 6.08 Å². The third kappa shape index (κ3) is 4.72. The van der Waals surface area contributed by atoms with Gasteiger partial charge < -0.3 is 14.6 Å². The van der Waals surface area contributed by atoms with Crippen LogP contribution in [0.4, 0.5) is 5.82 Å².